The molecule has 0 bridgehead atoms. The maximum Gasteiger partial charge on any atom is 0.280 e. The molecule has 1 amide bonds. The van der Waals surface area contributed by atoms with Crippen LogP contribution in [0, 0.1) is 5.82 Å². The van der Waals surface area contributed by atoms with Crippen molar-refractivity contribution in [2.75, 3.05) is 13.6 Å². The number of nitrogens with one attached hydrogen (secondary N) is 1. The van der Waals surface area contributed by atoms with Crippen molar-refractivity contribution in [2.45, 2.75) is 50.7 Å². The van der Waals surface area contributed by atoms with Gasteiger partial charge in [-0.25, -0.2) is 4.39 Å². The molecule has 25 heavy (non-hydrogen) atoms. The first-order valence-electron chi connectivity index (χ1n) is 8.61. The molecule has 2 aliphatic heterocycles. The molecule has 0 radical (unpaired) electrons. The van der Waals surface area contributed by atoms with Gasteiger partial charge in [-0.2, -0.15) is 17.4 Å². The fraction of sp³-hybridized carbons (Fsp3) is 0.588. The lowest BCUT2D eigenvalue weighted by Crippen LogP contribution is -2.59. The van der Waals surface area contributed by atoms with Gasteiger partial charge in [0, 0.05) is 25.7 Å². The lowest BCUT2D eigenvalue weighted by atomic mass is 9.97. The number of halogens is 1. The second-order valence-electron chi connectivity index (χ2n) is 6.87. The van der Waals surface area contributed by atoms with E-state index in [1.807, 2.05) is 6.92 Å². The molecule has 0 saturated carbocycles. The number of likely N-dealkylation sites (tertiary alicyclic amines) is 1. The molecule has 3 rings (SSSR count). The predicted molar refractivity (Wildman–Crippen MR) is 92.4 cm³/mol. The summed E-state index contributed by atoms with van der Waals surface area (Å²) in [5.74, 6) is -0.527. The van der Waals surface area contributed by atoms with Crippen molar-refractivity contribution in [3.63, 3.8) is 0 Å². The molecule has 1 aromatic carbocycles. The molecule has 8 heteroatoms. The number of hydrogen-bond acceptors (Lipinski definition) is 3. The van der Waals surface area contributed by atoms with Crippen LogP contribution in [0.3, 0.4) is 0 Å². The van der Waals surface area contributed by atoms with Gasteiger partial charge in [-0.15, -0.1) is 0 Å². The molecule has 138 valence electrons. The molecule has 0 aromatic heterocycles. The van der Waals surface area contributed by atoms with Gasteiger partial charge in [-0.05, 0) is 50.3 Å². The van der Waals surface area contributed by atoms with Gasteiger partial charge in [0.1, 0.15) is 11.9 Å². The molecule has 2 fully saturated rings. The Morgan fingerprint density at radius 1 is 1.24 bits per heavy atom. The molecular formula is C17H24FN3O3S. The monoisotopic (exact) mass is 369 g/mol. The molecule has 0 spiro atoms. The van der Waals surface area contributed by atoms with E-state index < -0.39 is 22.3 Å². The van der Waals surface area contributed by atoms with Crippen LogP contribution in [0.4, 0.5) is 4.39 Å². The van der Waals surface area contributed by atoms with E-state index in [1.54, 1.807) is 17.0 Å². The largest absolute Gasteiger partial charge is 0.339 e. The van der Waals surface area contributed by atoms with E-state index in [2.05, 4.69) is 4.72 Å². The number of rotatable bonds is 2. The first-order valence-corrected chi connectivity index (χ1v) is 10.0. The maximum atomic E-state index is 13.2. The first kappa shape index (κ1) is 18.3. The minimum atomic E-state index is -3.78. The molecule has 1 N–H and O–H groups in total. The highest BCUT2D eigenvalue weighted by atomic mass is 32.2. The Morgan fingerprint density at radius 3 is 2.56 bits per heavy atom. The van der Waals surface area contributed by atoms with Crippen molar-refractivity contribution in [1.29, 1.82) is 0 Å². The highest BCUT2D eigenvalue weighted by Gasteiger charge is 2.43. The highest BCUT2D eigenvalue weighted by Crippen LogP contribution is 2.30. The topological polar surface area (TPSA) is 69.7 Å². The summed E-state index contributed by atoms with van der Waals surface area (Å²) in [6.45, 7) is 2.67. The predicted octanol–water partition coefficient (Wildman–Crippen LogP) is 1.81. The summed E-state index contributed by atoms with van der Waals surface area (Å²) in [7, 11) is -2.35. The van der Waals surface area contributed by atoms with Crippen LogP contribution in [0.1, 0.15) is 44.2 Å². The van der Waals surface area contributed by atoms with Crippen LogP contribution in [0.5, 0.6) is 0 Å². The molecule has 3 atom stereocenters. The Hall–Kier alpha value is -1.51. The summed E-state index contributed by atoms with van der Waals surface area (Å²) in [4.78, 5) is 14.8. The Bertz CT molecular complexity index is 738. The van der Waals surface area contributed by atoms with Crippen molar-refractivity contribution in [1.82, 2.24) is 13.9 Å². The van der Waals surface area contributed by atoms with Crippen LogP contribution >= 0.6 is 0 Å². The van der Waals surface area contributed by atoms with Crippen molar-refractivity contribution in [2.24, 2.45) is 0 Å². The zero-order valence-corrected chi connectivity index (χ0v) is 15.3. The van der Waals surface area contributed by atoms with Crippen molar-refractivity contribution in [3.8, 4) is 0 Å². The Balaban J connectivity index is 1.86. The van der Waals surface area contributed by atoms with Gasteiger partial charge in [0.25, 0.3) is 10.2 Å². The van der Waals surface area contributed by atoms with E-state index in [0.29, 0.717) is 18.5 Å². The lowest BCUT2D eigenvalue weighted by molar-refractivity contribution is -0.139. The maximum absolute atomic E-state index is 13.2. The summed E-state index contributed by atoms with van der Waals surface area (Å²) in [5.41, 5.74) is 0.655. The van der Waals surface area contributed by atoms with Crippen LogP contribution in [-0.4, -0.2) is 49.2 Å². The van der Waals surface area contributed by atoms with E-state index in [1.165, 1.54) is 19.2 Å². The molecule has 0 aliphatic carbocycles. The standard InChI is InChI=1S/C17H24FN3O3S/c1-12-5-3-4-10-21(12)17(22)16-11-15(19-25(23,24)20(16)2)13-6-8-14(18)9-7-13/h6-9,12,15-16,19H,3-5,10-11H2,1-2H3. The van der Waals surface area contributed by atoms with Gasteiger partial charge < -0.3 is 4.90 Å². The minimum Gasteiger partial charge on any atom is -0.339 e. The number of piperidine rings is 1. The number of amides is 1. The first-order chi connectivity index (χ1) is 11.8. The number of likely N-dealkylation sites (N-methyl/N-ethyl adjacent to an activating group) is 1. The number of hydrogen-bond donors (Lipinski definition) is 1. The molecule has 1 aromatic rings. The quantitative estimate of drug-likeness (QED) is 0.864. The summed E-state index contributed by atoms with van der Waals surface area (Å²) in [6.07, 6.45) is 3.29. The smallest absolute Gasteiger partial charge is 0.280 e. The van der Waals surface area contributed by atoms with Crippen LogP contribution < -0.4 is 4.72 Å². The average molecular weight is 369 g/mol. The summed E-state index contributed by atoms with van der Waals surface area (Å²) < 4.78 is 41.8. The van der Waals surface area contributed by atoms with E-state index in [-0.39, 0.29) is 17.8 Å². The number of nitrogens with zero attached hydrogens (tertiary/aromatic N) is 2. The van der Waals surface area contributed by atoms with Gasteiger partial charge in [0.15, 0.2) is 0 Å². The molecule has 2 saturated heterocycles. The van der Waals surface area contributed by atoms with Gasteiger partial charge in [-0.1, -0.05) is 12.1 Å². The summed E-state index contributed by atoms with van der Waals surface area (Å²) in [5, 5.41) is 0. The van der Waals surface area contributed by atoms with Gasteiger partial charge in [0.05, 0.1) is 0 Å². The zero-order chi connectivity index (χ0) is 18.2. The number of carbonyl (C=O) groups is 1. The number of benzene rings is 1. The second-order valence-corrected chi connectivity index (χ2v) is 8.63. The van der Waals surface area contributed by atoms with E-state index in [4.69, 9.17) is 0 Å². The normalized spacial score (nSPS) is 30.2. The van der Waals surface area contributed by atoms with Crippen LogP contribution in [0.2, 0.25) is 0 Å². The molecule has 3 unspecified atom stereocenters. The van der Waals surface area contributed by atoms with E-state index >= 15 is 0 Å². The van der Waals surface area contributed by atoms with Crippen molar-refractivity contribution < 1.29 is 17.6 Å². The van der Waals surface area contributed by atoms with E-state index in [9.17, 15) is 17.6 Å². The number of carbonyl (C=O) groups excluding carboxylic acids is 1. The van der Waals surface area contributed by atoms with Gasteiger partial charge >= 0.3 is 0 Å². The molecule has 6 nitrogen and oxygen atoms in total. The second kappa shape index (κ2) is 7.01. The average Bonchev–Trinajstić information content (AvgIpc) is 2.57. The summed E-state index contributed by atoms with van der Waals surface area (Å²) in [6, 6.07) is 4.53. The lowest BCUT2D eigenvalue weighted by Gasteiger charge is -2.41. The summed E-state index contributed by atoms with van der Waals surface area (Å²) >= 11 is 0. The molecular weight excluding hydrogens is 345 g/mol. The SMILES string of the molecule is CC1CCCCN1C(=O)C1CC(c2ccc(F)cc2)NS(=O)(=O)N1C. The van der Waals surface area contributed by atoms with E-state index in [0.717, 1.165) is 23.6 Å². The van der Waals surface area contributed by atoms with Crippen molar-refractivity contribution >= 4 is 16.1 Å². The van der Waals surface area contributed by atoms with Crippen molar-refractivity contribution in [3.05, 3.63) is 35.6 Å². The Kier molecular flexibility index (Phi) is 5.13. The third kappa shape index (κ3) is 3.70. The third-order valence-corrected chi connectivity index (χ3v) is 6.81. The zero-order valence-electron chi connectivity index (χ0n) is 14.5. The fourth-order valence-electron chi connectivity index (χ4n) is 3.62. The van der Waals surface area contributed by atoms with Gasteiger partial charge in [0.2, 0.25) is 5.91 Å². The van der Waals surface area contributed by atoms with Crippen LogP contribution in [0.25, 0.3) is 0 Å². The van der Waals surface area contributed by atoms with Crippen LogP contribution in [0.15, 0.2) is 24.3 Å². The molecule has 2 heterocycles. The minimum absolute atomic E-state index is 0.122. The Labute approximate surface area is 148 Å². The third-order valence-electron chi connectivity index (χ3n) is 5.21. The van der Waals surface area contributed by atoms with Gasteiger partial charge in [-0.3, -0.25) is 4.79 Å². The highest BCUT2D eigenvalue weighted by molar-refractivity contribution is 7.87. The van der Waals surface area contributed by atoms with Crippen LogP contribution in [-0.2, 0) is 15.0 Å². The molecule has 2 aliphatic rings. The fourth-order valence-corrected chi connectivity index (χ4v) is 4.89. The Morgan fingerprint density at radius 2 is 1.92 bits per heavy atom.